The maximum atomic E-state index is 12.1. The Balaban J connectivity index is 4.48. The molecule has 1 N–H and O–H groups in total. The highest BCUT2D eigenvalue weighted by molar-refractivity contribution is 7.92. The van der Waals surface area contributed by atoms with E-state index in [2.05, 4.69) is 12.2 Å². The molecule has 0 spiro atoms. The van der Waals surface area contributed by atoms with Gasteiger partial charge in [0, 0.05) is 34.1 Å². The summed E-state index contributed by atoms with van der Waals surface area (Å²) in [5.41, 5.74) is 0. The predicted molar refractivity (Wildman–Crippen MR) is 74.6 cm³/mol. The molecule has 4 nitrogen and oxygen atoms in total. The monoisotopic (exact) mass is 283 g/mol. The van der Waals surface area contributed by atoms with Crippen LogP contribution in [-0.2, 0) is 20.6 Å². The van der Waals surface area contributed by atoms with E-state index in [0.717, 1.165) is 19.3 Å². The van der Waals surface area contributed by atoms with Gasteiger partial charge in [0.25, 0.3) is 0 Å². The Morgan fingerprint density at radius 2 is 1.88 bits per heavy atom. The summed E-state index contributed by atoms with van der Waals surface area (Å²) in [4.78, 5) is 0. The summed E-state index contributed by atoms with van der Waals surface area (Å²) in [6, 6.07) is 0.213. The number of hydrogen-bond acceptors (Lipinski definition) is 4. The predicted octanol–water partition coefficient (Wildman–Crippen LogP) is 0.946. The normalized spacial score (nSPS) is 17.6. The zero-order valence-electron chi connectivity index (χ0n) is 11.2. The molecule has 17 heavy (non-hydrogen) atoms. The minimum Gasteiger partial charge on any atom is -0.316 e. The molecule has 0 aromatic heterocycles. The minimum atomic E-state index is -3.02. The fourth-order valence-electron chi connectivity index (χ4n) is 1.87. The molecule has 0 aliphatic rings. The first kappa shape index (κ1) is 17.1. The van der Waals surface area contributed by atoms with Gasteiger partial charge < -0.3 is 5.32 Å². The molecular weight excluding hydrogens is 258 g/mol. The molecular formula is C11H25NO3S2. The second kappa shape index (κ2) is 8.21. The van der Waals surface area contributed by atoms with Gasteiger partial charge in [-0.25, -0.2) is 8.42 Å². The quantitative estimate of drug-likeness (QED) is 0.684. The Morgan fingerprint density at radius 1 is 1.29 bits per heavy atom. The smallest absolute Gasteiger partial charge is 0.148 e. The van der Waals surface area contributed by atoms with Gasteiger partial charge in [0.2, 0.25) is 0 Å². The molecule has 0 aromatic carbocycles. The van der Waals surface area contributed by atoms with Crippen LogP contribution in [0.4, 0.5) is 0 Å². The van der Waals surface area contributed by atoms with Crippen LogP contribution in [0.1, 0.15) is 33.1 Å². The minimum absolute atomic E-state index is 0.0126. The highest BCUT2D eigenvalue weighted by Crippen LogP contribution is 2.13. The first-order chi connectivity index (χ1) is 7.85. The van der Waals surface area contributed by atoms with Gasteiger partial charge in [0.15, 0.2) is 0 Å². The molecule has 0 amide bonds. The van der Waals surface area contributed by atoms with Crippen LogP contribution >= 0.6 is 0 Å². The highest BCUT2D eigenvalue weighted by atomic mass is 32.2. The van der Waals surface area contributed by atoms with Crippen LogP contribution < -0.4 is 5.32 Å². The third-order valence-corrected chi connectivity index (χ3v) is 5.96. The van der Waals surface area contributed by atoms with Crippen molar-refractivity contribution in [3.05, 3.63) is 0 Å². The van der Waals surface area contributed by atoms with Crippen LogP contribution in [-0.4, -0.2) is 48.7 Å². The Morgan fingerprint density at radius 3 is 2.24 bits per heavy atom. The average Bonchev–Trinajstić information content (AvgIpc) is 2.25. The Labute approximate surface area is 108 Å². The van der Waals surface area contributed by atoms with Crippen molar-refractivity contribution in [1.29, 1.82) is 0 Å². The Kier molecular flexibility index (Phi) is 8.24. The number of sulfone groups is 1. The van der Waals surface area contributed by atoms with Crippen molar-refractivity contribution < 1.29 is 12.6 Å². The number of rotatable bonds is 9. The molecule has 0 rings (SSSR count). The molecule has 0 fully saturated rings. The summed E-state index contributed by atoms with van der Waals surface area (Å²) < 4.78 is 34.2. The lowest BCUT2D eigenvalue weighted by Crippen LogP contribution is -2.41. The standard InChI is InChI=1S/C11H25NO3S2/c1-5-7-10(12-3)11(6-2)16(13)8-9-17(4,14)15/h10-12H,5-9H2,1-4H3. The lowest BCUT2D eigenvalue weighted by Gasteiger charge is -2.25. The maximum Gasteiger partial charge on any atom is 0.148 e. The SMILES string of the molecule is CCCC(NC)C(CC)S(=O)CCS(C)(=O)=O. The van der Waals surface area contributed by atoms with Gasteiger partial charge in [-0.15, -0.1) is 0 Å². The van der Waals surface area contributed by atoms with E-state index in [1.54, 1.807) is 0 Å². The number of nitrogens with one attached hydrogen (secondary N) is 1. The topological polar surface area (TPSA) is 63.2 Å². The fourth-order valence-corrected chi connectivity index (χ4v) is 5.05. The van der Waals surface area contributed by atoms with Crippen LogP contribution in [0, 0.1) is 0 Å². The molecule has 6 heteroatoms. The lowest BCUT2D eigenvalue weighted by atomic mass is 10.1. The fraction of sp³-hybridized carbons (Fsp3) is 1.00. The van der Waals surface area contributed by atoms with Crippen LogP contribution in [0.25, 0.3) is 0 Å². The molecule has 3 atom stereocenters. The van der Waals surface area contributed by atoms with E-state index < -0.39 is 20.6 Å². The van der Waals surface area contributed by atoms with Gasteiger partial charge in [-0.1, -0.05) is 20.3 Å². The van der Waals surface area contributed by atoms with E-state index in [9.17, 15) is 12.6 Å². The second-order valence-corrected chi connectivity index (χ2v) is 8.38. The van der Waals surface area contributed by atoms with E-state index >= 15 is 0 Å². The average molecular weight is 283 g/mol. The van der Waals surface area contributed by atoms with Crippen LogP contribution in [0.5, 0.6) is 0 Å². The first-order valence-corrected chi connectivity index (χ1v) is 9.52. The van der Waals surface area contributed by atoms with E-state index in [4.69, 9.17) is 0 Å². The third-order valence-electron chi connectivity index (χ3n) is 2.81. The molecule has 0 heterocycles. The third kappa shape index (κ3) is 7.16. The molecule has 3 unspecified atom stereocenters. The highest BCUT2D eigenvalue weighted by Gasteiger charge is 2.24. The molecule has 0 aliphatic heterocycles. The molecule has 0 aliphatic carbocycles. The van der Waals surface area contributed by atoms with Crippen molar-refractivity contribution in [1.82, 2.24) is 5.32 Å². The zero-order chi connectivity index (χ0) is 13.5. The van der Waals surface area contributed by atoms with Crippen molar-refractivity contribution in [3.8, 4) is 0 Å². The van der Waals surface area contributed by atoms with Gasteiger partial charge in [0.1, 0.15) is 9.84 Å². The van der Waals surface area contributed by atoms with E-state index in [-0.39, 0.29) is 22.8 Å². The summed E-state index contributed by atoms with van der Waals surface area (Å²) in [6.45, 7) is 4.10. The van der Waals surface area contributed by atoms with Gasteiger partial charge in [-0.3, -0.25) is 4.21 Å². The Bertz CT molecular complexity index is 328. The largest absolute Gasteiger partial charge is 0.316 e. The zero-order valence-corrected chi connectivity index (χ0v) is 12.9. The van der Waals surface area contributed by atoms with Crippen molar-refractivity contribution >= 4 is 20.6 Å². The van der Waals surface area contributed by atoms with Gasteiger partial charge >= 0.3 is 0 Å². The summed E-state index contributed by atoms with van der Waals surface area (Å²) >= 11 is 0. The van der Waals surface area contributed by atoms with E-state index in [0.29, 0.717) is 0 Å². The van der Waals surface area contributed by atoms with Crippen LogP contribution in [0.2, 0.25) is 0 Å². The van der Waals surface area contributed by atoms with Crippen molar-refractivity contribution in [2.75, 3.05) is 24.8 Å². The molecule has 0 radical (unpaired) electrons. The summed E-state index contributed by atoms with van der Waals surface area (Å²) in [5.74, 6) is 0.262. The van der Waals surface area contributed by atoms with Gasteiger partial charge in [-0.05, 0) is 19.9 Å². The second-order valence-electron chi connectivity index (χ2n) is 4.35. The lowest BCUT2D eigenvalue weighted by molar-refractivity contribution is 0.481. The van der Waals surface area contributed by atoms with Gasteiger partial charge in [-0.2, -0.15) is 0 Å². The molecule has 0 aromatic rings. The molecule has 0 bridgehead atoms. The van der Waals surface area contributed by atoms with Crippen molar-refractivity contribution in [2.24, 2.45) is 0 Å². The van der Waals surface area contributed by atoms with Crippen molar-refractivity contribution in [3.63, 3.8) is 0 Å². The number of hydrogen-bond donors (Lipinski definition) is 1. The van der Waals surface area contributed by atoms with Crippen LogP contribution in [0.15, 0.2) is 0 Å². The molecule has 104 valence electrons. The molecule has 0 saturated carbocycles. The first-order valence-electron chi connectivity index (χ1n) is 6.07. The Hall–Kier alpha value is 0.0600. The molecule has 0 saturated heterocycles. The maximum absolute atomic E-state index is 12.1. The van der Waals surface area contributed by atoms with Crippen LogP contribution in [0.3, 0.4) is 0 Å². The summed E-state index contributed by atoms with van der Waals surface area (Å²) in [6.07, 6.45) is 4.00. The van der Waals surface area contributed by atoms with E-state index in [1.807, 2.05) is 14.0 Å². The summed E-state index contributed by atoms with van der Waals surface area (Å²) in [5, 5.41) is 3.23. The van der Waals surface area contributed by atoms with E-state index in [1.165, 1.54) is 6.26 Å². The summed E-state index contributed by atoms with van der Waals surface area (Å²) in [7, 11) is -2.22. The van der Waals surface area contributed by atoms with Gasteiger partial charge in [0.05, 0.1) is 5.75 Å². The van der Waals surface area contributed by atoms with Crippen molar-refractivity contribution in [2.45, 2.75) is 44.4 Å².